The van der Waals surface area contributed by atoms with Gasteiger partial charge in [-0.25, -0.2) is 0 Å². The summed E-state index contributed by atoms with van der Waals surface area (Å²) in [5, 5.41) is 0. The highest BCUT2D eigenvalue weighted by molar-refractivity contribution is 5.17. The fraction of sp³-hybridized carbons (Fsp3) is 0.375. The van der Waals surface area contributed by atoms with E-state index >= 15 is 0 Å². The summed E-state index contributed by atoms with van der Waals surface area (Å²) < 4.78 is 0. The minimum absolute atomic E-state index is 0. The van der Waals surface area contributed by atoms with Crippen molar-refractivity contribution in [3.63, 3.8) is 0 Å². The number of piperazine rings is 1. The van der Waals surface area contributed by atoms with Crippen LogP contribution in [-0.4, -0.2) is 42.0 Å². The molecular weight excluding hydrogens is 256 g/mol. The van der Waals surface area contributed by atoms with Gasteiger partial charge in [0.1, 0.15) is 0 Å². The maximum absolute atomic E-state index is 5.58. The molecule has 3 heteroatoms. The van der Waals surface area contributed by atoms with E-state index in [1.165, 1.54) is 5.56 Å². The molecule has 19 heavy (non-hydrogen) atoms. The van der Waals surface area contributed by atoms with Crippen LogP contribution >= 0.6 is 0 Å². The highest BCUT2D eigenvalue weighted by atomic mass is 35.5. The molecule has 1 aliphatic heterocycles. The van der Waals surface area contributed by atoms with E-state index in [0.717, 1.165) is 19.6 Å². The van der Waals surface area contributed by atoms with E-state index in [4.69, 9.17) is 12.8 Å². The molecule has 0 bridgehead atoms. The van der Waals surface area contributed by atoms with Crippen LogP contribution in [-0.2, 0) is 6.54 Å². The average Bonchev–Trinajstić information content (AvgIpc) is 2.41. The second-order valence-corrected chi connectivity index (χ2v) is 4.71. The second kappa shape index (κ2) is 7.22. The molecule has 100 valence electrons. The Morgan fingerprint density at radius 2 is 1.63 bits per heavy atom. The topological polar surface area (TPSA) is 6.48 Å². The second-order valence-electron chi connectivity index (χ2n) is 4.71. The number of terminal acetylenes is 2. The van der Waals surface area contributed by atoms with Gasteiger partial charge in [0.25, 0.3) is 0 Å². The Morgan fingerprint density at radius 1 is 1.11 bits per heavy atom. The zero-order valence-corrected chi connectivity index (χ0v) is 11.8. The Balaban J connectivity index is 0.00000180. The Kier molecular flexibility index (Phi) is 5.93. The minimum atomic E-state index is 0. The normalized spacial score (nSPS) is 23.9. The molecule has 1 aromatic carbocycles. The number of halogens is 1. The van der Waals surface area contributed by atoms with Gasteiger partial charge in [-0.2, -0.15) is 0 Å². The highest BCUT2D eigenvalue weighted by Crippen LogP contribution is 2.15. The van der Waals surface area contributed by atoms with Crippen molar-refractivity contribution in [3.8, 4) is 24.7 Å². The monoisotopic (exact) mass is 273 g/mol. The summed E-state index contributed by atoms with van der Waals surface area (Å²) in [6, 6.07) is 10.6. The number of rotatable bonds is 2. The van der Waals surface area contributed by atoms with Crippen molar-refractivity contribution in [2.45, 2.75) is 18.6 Å². The number of hydrogen-bond donors (Lipinski definition) is 0. The summed E-state index contributed by atoms with van der Waals surface area (Å²) in [5.41, 5.74) is 1.30. The fourth-order valence-corrected chi connectivity index (χ4v) is 2.35. The highest BCUT2D eigenvalue weighted by Gasteiger charge is 2.29. The van der Waals surface area contributed by atoms with Crippen molar-refractivity contribution in [1.82, 2.24) is 9.80 Å². The number of nitrogens with zero attached hydrogens (tertiary/aromatic N) is 2. The van der Waals surface area contributed by atoms with Crippen LogP contribution in [0.3, 0.4) is 0 Å². The van der Waals surface area contributed by atoms with Crippen LogP contribution in [0.4, 0.5) is 0 Å². The molecule has 1 saturated heterocycles. The van der Waals surface area contributed by atoms with Crippen LogP contribution < -0.4 is 12.4 Å². The molecule has 1 fully saturated rings. The fourth-order valence-electron chi connectivity index (χ4n) is 2.35. The standard InChI is InChI=1S/C16H18N2.ClH/c1-4-15-12-18(13-16(5-2)17(15)3)11-14-9-7-6-8-10-14;/h1-2,6-10,15-16H,11-13H2,3H3;1H/p-1. The van der Waals surface area contributed by atoms with Gasteiger partial charge in [0, 0.05) is 19.6 Å². The SMILES string of the molecule is C#CC1CN(Cc2ccccc2)CC(C#C)N1C.[Cl-]. The number of hydrogen-bond acceptors (Lipinski definition) is 2. The van der Waals surface area contributed by atoms with E-state index < -0.39 is 0 Å². The van der Waals surface area contributed by atoms with Crippen LogP contribution in [0.25, 0.3) is 0 Å². The van der Waals surface area contributed by atoms with E-state index in [2.05, 4.69) is 45.9 Å². The smallest absolute Gasteiger partial charge is 0.0848 e. The van der Waals surface area contributed by atoms with Crippen LogP contribution in [0.2, 0.25) is 0 Å². The van der Waals surface area contributed by atoms with Crippen molar-refractivity contribution in [2.75, 3.05) is 20.1 Å². The molecule has 0 spiro atoms. The quantitative estimate of drug-likeness (QED) is 0.602. The van der Waals surface area contributed by atoms with Crippen molar-refractivity contribution in [3.05, 3.63) is 35.9 Å². The summed E-state index contributed by atoms with van der Waals surface area (Å²) >= 11 is 0. The zero-order chi connectivity index (χ0) is 13.0. The molecule has 0 amide bonds. The maximum Gasteiger partial charge on any atom is 0.0848 e. The van der Waals surface area contributed by atoms with Crippen molar-refractivity contribution in [1.29, 1.82) is 0 Å². The first-order chi connectivity index (χ1) is 8.74. The first-order valence-corrected chi connectivity index (χ1v) is 6.15. The first-order valence-electron chi connectivity index (χ1n) is 6.15. The Morgan fingerprint density at radius 3 is 2.11 bits per heavy atom. The van der Waals surface area contributed by atoms with Gasteiger partial charge in [-0.1, -0.05) is 42.2 Å². The maximum atomic E-state index is 5.58. The van der Waals surface area contributed by atoms with Gasteiger partial charge in [-0.3, -0.25) is 9.80 Å². The molecule has 0 N–H and O–H groups in total. The zero-order valence-electron chi connectivity index (χ0n) is 11.1. The Bertz CT molecular complexity index is 448. The number of benzene rings is 1. The molecule has 2 unspecified atom stereocenters. The molecule has 2 nitrogen and oxygen atoms in total. The third kappa shape index (κ3) is 3.75. The molecule has 1 heterocycles. The van der Waals surface area contributed by atoms with E-state index in [0.29, 0.717) is 0 Å². The molecule has 0 aromatic heterocycles. The molecule has 1 aromatic rings. The lowest BCUT2D eigenvalue weighted by atomic mass is 10.1. The predicted molar refractivity (Wildman–Crippen MR) is 74.7 cm³/mol. The average molecular weight is 274 g/mol. The summed E-state index contributed by atoms with van der Waals surface area (Å²) in [4.78, 5) is 4.45. The van der Waals surface area contributed by atoms with Crippen LogP contribution in [0.1, 0.15) is 5.56 Å². The molecule has 1 aliphatic rings. The van der Waals surface area contributed by atoms with Gasteiger partial charge >= 0.3 is 0 Å². The third-order valence-corrected chi connectivity index (χ3v) is 3.48. The van der Waals surface area contributed by atoms with E-state index in [-0.39, 0.29) is 24.5 Å². The Labute approximate surface area is 122 Å². The summed E-state index contributed by atoms with van der Waals surface area (Å²) in [5.74, 6) is 5.64. The van der Waals surface area contributed by atoms with Gasteiger partial charge in [0.2, 0.25) is 0 Å². The molecular formula is C16H18ClN2-. The molecule has 0 aliphatic carbocycles. The predicted octanol–water partition coefficient (Wildman–Crippen LogP) is -1.56. The lowest BCUT2D eigenvalue weighted by Crippen LogP contribution is -3.00. The Hall–Kier alpha value is -1.45. The van der Waals surface area contributed by atoms with Gasteiger partial charge in [-0.05, 0) is 12.6 Å². The van der Waals surface area contributed by atoms with Crippen LogP contribution in [0.5, 0.6) is 0 Å². The third-order valence-electron chi connectivity index (χ3n) is 3.48. The van der Waals surface area contributed by atoms with Crippen LogP contribution in [0.15, 0.2) is 30.3 Å². The van der Waals surface area contributed by atoms with Crippen LogP contribution in [0, 0.1) is 24.7 Å². The van der Waals surface area contributed by atoms with E-state index in [9.17, 15) is 0 Å². The largest absolute Gasteiger partial charge is 1.00 e. The molecule has 0 radical (unpaired) electrons. The van der Waals surface area contributed by atoms with Gasteiger partial charge in [0.05, 0.1) is 12.1 Å². The van der Waals surface area contributed by atoms with Crippen molar-refractivity contribution < 1.29 is 12.4 Å². The summed E-state index contributed by atoms with van der Waals surface area (Å²) in [6.07, 6.45) is 11.2. The first kappa shape index (κ1) is 15.6. The van der Waals surface area contributed by atoms with Crippen molar-refractivity contribution >= 4 is 0 Å². The summed E-state index contributed by atoms with van der Waals surface area (Å²) in [7, 11) is 2.01. The van der Waals surface area contributed by atoms with E-state index in [1.807, 2.05) is 13.1 Å². The molecule has 2 rings (SSSR count). The minimum Gasteiger partial charge on any atom is -1.00 e. The van der Waals surface area contributed by atoms with Gasteiger partial charge < -0.3 is 12.4 Å². The number of likely N-dealkylation sites (N-methyl/N-ethyl adjacent to an activating group) is 1. The summed E-state index contributed by atoms with van der Waals surface area (Å²) in [6.45, 7) is 2.66. The van der Waals surface area contributed by atoms with Gasteiger partial charge in [0.15, 0.2) is 0 Å². The molecule has 2 atom stereocenters. The van der Waals surface area contributed by atoms with Gasteiger partial charge in [-0.15, -0.1) is 12.8 Å². The van der Waals surface area contributed by atoms with E-state index in [1.54, 1.807) is 0 Å². The molecule has 0 saturated carbocycles. The lowest BCUT2D eigenvalue weighted by Gasteiger charge is -2.41. The lowest BCUT2D eigenvalue weighted by molar-refractivity contribution is -0.00000380. The van der Waals surface area contributed by atoms with Crippen molar-refractivity contribution in [2.24, 2.45) is 0 Å².